The van der Waals surface area contributed by atoms with Crippen LogP contribution in [-0.4, -0.2) is 59.3 Å². The number of ether oxygens (including phenoxy) is 1. The van der Waals surface area contributed by atoms with Crippen molar-refractivity contribution in [3.05, 3.63) is 77.2 Å². The van der Waals surface area contributed by atoms with Crippen molar-refractivity contribution in [1.82, 2.24) is 15.2 Å². The molecular formula is C27H29F2N3O3. The molecule has 2 saturated heterocycles. The highest BCUT2D eigenvalue weighted by Gasteiger charge is 2.36. The zero-order valence-electron chi connectivity index (χ0n) is 19.4. The second-order valence-electron chi connectivity index (χ2n) is 9.42. The van der Waals surface area contributed by atoms with Gasteiger partial charge in [0.05, 0.1) is 18.8 Å². The van der Waals surface area contributed by atoms with Crippen LogP contribution in [0.5, 0.6) is 0 Å². The number of hydrogen-bond acceptors (Lipinski definition) is 5. The van der Waals surface area contributed by atoms with Crippen molar-refractivity contribution in [2.45, 2.75) is 43.6 Å². The zero-order valence-corrected chi connectivity index (χ0v) is 19.4. The van der Waals surface area contributed by atoms with Crippen molar-refractivity contribution in [1.29, 1.82) is 0 Å². The number of aliphatic hydroxyl groups is 1. The van der Waals surface area contributed by atoms with Gasteiger partial charge >= 0.3 is 0 Å². The number of hydrogen-bond donors (Lipinski definition) is 2. The largest absolute Gasteiger partial charge is 0.389 e. The Morgan fingerprint density at radius 2 is 1.94 bits per heavy atom. The minimum atomic E-state index is -1.36. The third kappa shape index (κ3) is 5.05. The summed E-state index contributed by atoms with van der Waals surface area (Å²) in [6.45, 7) is 2.14. The van der Waals surface area contributed by atoms with Crippen molar-refractivity contribution >= 4 is 16.8 Å². The van der Waals surface area contributed by atoms with E-state index in [2.05, 4.69) is 15.2 Å². The van der Waals surface area contributed by atoms with Gasteiger partial charge in [0.1, 0.15) is 22.7 Å². The summed E-state index contributed by atoms with van der Waals surface area (Å²) in [6, 6.07) is 15.2. The summed E-state index contributed by atoms with van der Waals surface area (Å²) >= 11 is 0. The Morgan fingerprint density at radius 3 is 2.69 bits per heavy atom. The van der Waals surface area contributed by atoms with Crippen molar-refractivity contribution < 1.29 is 23.4 Å². The molecule has 6 nitrogen and oxygen atoms in total. The van der Waals surface area contributed by atoms with Gasteiger partial charge in [-0.25, -0.2) is 13.8 Å². The van der Waals surface area contributed by atoms with Gasteiger partial charge in [-0.2, -0.15) is 0 Å². The number of aliphatic hydroxyl groups excluding tert-OH is 1. The summed E-state index contributed by atoms with van der Waals surface area (Å²) in [5.41, 5.74) is 0.324. The Labute approximate surface area is 202 Å². The van der Waals surface area contributed by atoms with Crippen LogP contribution in [0.1, 0.15) is 40.9 Å². The first-order chi connectivity index (χ1) is 16.9. The number of pyridine rings is 1. The molecule has 8 heteroatoms. The van der Waals surface area contributed by atoms with Gasteiger partial charge in [0.2, 0.25) is 0 Å². The van der Waals surface area contributed by atoms with E-state index < -0.39 is 29.5 Å². The predicted octanol–water partition coefficient (Wildman–Crippen LogP) is 3.71. The van der Waals surface area contributed by atoms with Crippen LogP contribution in [0.25, 0.3) is 10.9 Å². The Morgan fingerprint density at radius 1 is 1.17 bits per heavy atom. The number of piperidine rings is 1. The smallest absolute Gasteiger partial charge is 0.270 e. The summed E-state index contributed by atoms with van der Waals surface area (Å²) in [5, 5.41) is 13.6. The molecule has 2 aliphatic heterocycles. The van der Waals surface area contributed by atoms with E-state index in [0.717, 1.165) is 5.56 Å². The first-order valence-corrected chi connectivity index (χ1v) is 12.0. The molecule has 0 unspecified atom stereocenters. The number of carbonyl (C=O) groups is 1. The molecule has 3 heterocycles. The molecular weight excluding hydrogens is 452 g/mol. The first kappa shape index (κ1) is 23.8. The number of benzene rings is 2. The van der Waals surface area contributed by atoms with E-state index in [9.17, 15) is 14.3 Å². The molecule has 184 valence electrons. The number of nitrogens with one attached hydrogen (secondary N) is 1. The van der Waals surface area contributed by atoms with Crippen LogP contribution in [0, 0.1) is 5.82 Å². The highest BCUT2D eigenvalue weighted by Crippen LogP contribution is 2.37. The van der Waals surface area contributed by atoms with Gasteiger partial charge in [-0.3, -0.25) is 9.69 Å². The minimum absolute atomic E-state index is 0.0948. The fourth-order valence-corrected chi connectivity index (χ4v) is 5.00. The highest BCUT2D eigenvalue weighted by atomic mass is 19.1. The van der Waals surface area contributed by atoms with Crippen molar-refractivity contribution in [2.75, 3.05) is 26.3 Å². The molecule has 0 aliphatic carbocycles. The lowest BCUT2D eigenvalue weighted by atomic mass is 9.86. The lowest BCUT2D eigenvalue weighted by Crippen LogP contribution is -2.48. The van der Waals surface area contributed by atoms with Crippen LogP contribution in [0.15, 0.2) is 54.6 Å². The standard InChI is InChI=1S/C27H29F2N3O3/c28-21-8-4-7-20-18(16-32-12-10-27(29,11-13-32)19-5-2-1-3-6-19)15-23(30-25(20)21)26(34)31-22-9-14-35-17-24(22)33/h1-8,15,22,24,33H,9-14,16-17H2,(H,31,34)/t22-,24-/m0/s1. The molecule has 1 amide bonds. The Balaban J connectivity index is 1.37. The number of alkyl halides is 1. The monoisotopic (exact) mass is 481 g/mol. The van der Waals surface area contributed by atoms with Crippen LogP contribution in [0.3, 0.4) is 0 Å². The summed E-state index contributed by atoms with van der Waals surface area (Å²) in [6.07, 6.45) is 0.414. The quantitative estimate of drug-likeness (QED) is 0.581. The van der Waals surface area contributed by atoms with Gasteiger partial charge < -0.3 is 15.2 Å². The molecule has 2 N–H and O–H groups in total. The number of amides is 1. The molecule has 2 aromatic carbocycles. The number of fused-ring (bicyclic) bond motifs is 1. The lowest BCUT2D eigenvalue weighted by molar-refractivity contribution is -0.0261. The molecule has 1 aromatic heterocycles. The van der Waals surface area contributed by atoms with Crippen LogP contribution in [0.4, 0.5) is 8.78 Å². The Kier molecular flexibility index (Phi) is 6.77. The minimum Gasteiger partial charge on any atom is -0.389 e. The fourth-order valence-electron chi connectivity index (χ4n) is 5.00. The number of para-hydroxylation sites is 1. The van der Waals surface area contributed by atoms with Crippen molar-refractivity contribution in [3.8, 4) is 0 Å². The molecule has 5 rings (SSSR count). The SMILES string of the molecule is O=C(N[C@H]1CCOC[C@@H]1O)c1cc(CN2CCC(F)(c3ccccc3)CC2)c2cccc(F)c2n1. The van der Waals surface area contributed by atoms with E-state index in [4.69, 9.17) is 4.74 Å². The molecule has 0 saturated carbocycles. The summed E-state index contributed by atoms with van der Waals surface area (Å²) in [7, 11) is 0. The van der Waals surface area contributed by atoms with E-state index in [0.29, 0.717) is 56.5 Å². The maximum atomic E-state index is 15.6. The highest BCUT2D eigenvalue weighted by molar-refractivity contribution is 5.96. The predicted molar refractivity (Wildman–Crippen MR) is 128 cm³/mol. The average Bonchev–Trinajstić information content (AvgIpc) is 2.88. The van der Waals surface area contributed by atoms with Crippen LogP contribution in [0.2, 0.25) is 0 Å². The van der Waals surface area contributed by atoms with Crippen LogP contribution < -0.4 is 5.32 Å². The first-order valence-electron chi connectivity index (χ1n) is 12.0. The summed E-state index contributed by atoms with van der Waals surface area (Å²) < 4.78 is 35.5. The van der Waals surface area contributed by atoms with Crippen LogP contribution >= 0.6 is 0 Å². The number of halogens is 2. The van der Waals surface area contributed by atoms with E-state index in [1.54, 1.807) is 18.2 Å². The third-order valence-electron chi connectivity index (χ3n) is 7.09. The molecule has 2 atom stereocenters. The van der Waals surface area contributed by atoms with E-state index in [1.807, 2.05) is 30.3 Å². The van der Waals surface area contributed by atoms with Gasteiger partial charge in [0.25, 0.3) is 5.91 Å². The lowest BCUT2D eigenvalue weighted by Gasteiger charge is -2.37. The Hall–Kier alpha value is -2.94. The second kappa shape index (κ2) is 9.97. The van der Waals surface area contributed by atoms with Crippen molar-refractivity contribution in [2.24, 2.45) is 0 Å². The summed E-state index contributed by atoms with van der Waals surface area (Å²) in [4.78, 5) is 19.4. The average molecular weight is 482 g/mol. The number of likely N-dealkylation sites (tertiary alicyclic amines) is 1. The fraction of sp³-hybridized carbons (Fsp3) is 0.407. The maximum Gasteiger partial charge on any atom is 0.270 e. The molecule has 0 spiro atoms. The third-order valence-corrected chi connectivity index (χ3v) is 7.09. The number of rotatable bonds is 5. The molecule has 3 aromatic rings. The van der Waals surface area contributed by atoms with Gasteiger partial charge in [-0.05, 0) is 42.5 Å². The topological polar surface area (TPSA) is 74.7 Å². The maximum absolute atomic E-state index is 15.6. The van der Waals surface area contributed by atoms with Gasteiger partial charge in [0.15, 0.2) is 0 Å². The van der Waals surface area contributed by atoms with Crippen LogP contribution in [-0.2, 0) is 17.0 Å². The molecule has 35 heavy (non-hydrogen) atoms. The zero-order chi connectivity index (χ0) is 24.4. The second-order valence-corrected chi connectivity index (χ2v) is 9.42. The number of carbonyl (C=O) groups excluding carboxylic acids is 1. The van der Waals surface area contributed by atoms with Gasteiger partial charge in [-0.1, -0.05) is 42.5 Å². The number of aromatic nitrogens is 1. The number of nitrogens with zero attached hydrogens (tertiary/aromatic N) is 2. The van der Waals surface area contributed by atoms with E-state index in [1.165, 1.54) is 6.07 Å². The van der Waals surface area contributed by atoms with Crippen molar-refractivity contribution in [3.63, 3.8) is 0 Å². The molecule has 0 radical (unpaired) electrons. The van der Waals surface area contributed by atoms with Gasteiger partial charge in [0, 0.05) is 31.6 Å². The molecule has 0 bridgehead atoms. The van der Waals surface area contributed by atoms with E-state index in [-0.39, 0.29) is 17.8 Å². The van der Waals surface area contributed by atoms with Gasteiger partial charge in [-0.15, -0.1) is 0 Å². The normalized spacial score (nSPS) is 22.7. The summed E-state index contributed by atoms with van der Waals surface area (Å²) in [5.74, 6) is -0.970. The van der Waals surface area contributed by atoms with E-state index >= 15 is 4.39 Å². The molecule has 2 fully saturated rings. The molecule has 2 aliphatic rings. The Bertz CT molecular complexity index is 1200.